The predicted octanol–water partition coefficient (Wildman–Crippen LogP) is 2.02. The van der Waals surface area contributed by atoms with E-state index in [1.807, 2.05) is 0 Å². The zero-order valence-corrected chi connectivity index (χ0v) is 8.47. The van der Waals surface area contributed by atoms with Crippen LogP contribution < -0.4 is 5.32 Å². The number of alkyl halides is 1. The number of hydrogen-bond donors (Lipinski definition) is 1. The molecule has 2 rings (SSSR count). The van der Waals surface area contributed by atoms with E-state index in [4.69, 9.17) is 4.74 Å². The van der Waals surface area contributed by atoms with Gasteiger partial charge in [-0.25, -0.2) is 4.39 Å². The monoisotopic (exact) mass is 199 g/mol. The summed E-state index contributed by atoms with van der Waals surface area (Å²) in [6.07, 6.45) is 4.79. The van der Waals surface area contributed by atoms with Gasteiger partial charge in [-0.05, 0) is 37.8 Å². The van der Waals surface area contributed by atoms with Gasteiger partial charge in [-0.1, -0.05) is 0 Å². The van der Waals surface area contributed by atoms with Crippen LogP contribution in [-0.4, -0.2) is 25.9 Å². The topological polar surface area (TPSA) is 21.3 Å². The molecule has 1 fully saturated rings. The van der Waals surface area contributed by atoms with E-state index >= 15 is 0 Å². The van der Waals surface area contributed by atoms with Crippen LogP contribution >= 0.6 is 0 Å². The van der Waals surface area contributed by atoms with E-state index in [2.05, 4.69) is 5.32 Å². The molecule has 2 heterocycles. The third kappa shape index (κ3) is 2.27. The van der Waals surface area contributed by atoms with Crippen molar-refractivity contribution in [3.63, 3.8) is 0 Å². The van der Waals surface area contributed by atoms with Crippen LogP contribution in [0.4, 0.5) is 4.39 Å². The molecule has 14 heavy (non-hydrogen) atoms. The molecule has 2 nitrogen and oxygen atoms in total. The highest BCUT2D eigenvalue weighted by Gasteiger charge is 2.27. The fourth-order valence-electron chi connectivity index (χ4n) is 2.22. The second-order valence-corrected chi connectivity index (χ2v) is 4.18. The predicted molar refractivity (Wildman–Crippen MR) is 53.8 cm³/mol. The zero-order valence-electron chi connectivity index (χ0n) is 8.47. The molecule has 0 saturated carbocycles. The first-order valence-electron chi connectivity index (χ1n) is 5.53. The van der Waals surface area contributed by atoms with Crippen molar-refractivity contribution in [2.45, 2.75) is 31.9 Å². The second kappa shape index (κ2) is 4.78. The van der Waals surface area contributed by atoms with Crippen molar-refractivity contribution in [3.8, 4) is 0 Å². The number of hydrogen-bond acceptors (Lipinski definition) is 2. The summed E-state index contributed by atoms with van der Waals surface area (Å²) in [4.78, 5) is 0. The molecule has 0 spiro atoms. The van der Waals surface area contributed by atoms with Gasteiger partial charge < -0.3 is 10.1 Å². The molecule has 2 aliphatic rings. The van der Waals surface area contributed by atoms with Gasteiger partial charge in [-0.15, -0.1) is 0 Å². The molecular weight excluding hydrogens is 181 g/mol. The van der Waals surface area contributed by atoms with E-state index in [9.17, 15) is 4.39 Å². The van der Waals surface area contributed by atoms with Crippen molar-refractivity contribution in [2.24, 2.45) is 5.92 Å². The molecule has 0 aromatic heterocycles. The Labute approximate surface area is 84.5 Å². The molecule has 80 valence electrons. The third-order valence-electron chi connectivity index (χ3n) is 3.07. The smallest absolute Gasteiger partial charge is 0.128 e. The van der Waals surface area contributed by atoms with Crippen LogP contribution in [0.25, 0.3) is 0 Å². The molecule has 1 saturated heterocycles. The average Bonchev–Trinajstić information content (AvgIpc) is 2.30. The fraction of sp³-hybridized carbons (Fsp3) is 0.818. The maximum absolute atomic E-state index is 14.0. The Morgan fingerprint density at radius 1 is 1.50 bits per heavy atom. The number of halogens is 1. The van der Waals surface area contributed by atoms with Crippen LogP contribution in [0.3, 0.4) is 0 Å². The Bertz CT molecular complexity index is 211. The first kappa shape index (κ1) is 9.97. The standard InChI is InChI=1S/C11H18FNO/c12-11(9-3-1-5-13-7-9)10-4-2-6-14-8-10/h8-9,11,13H,1-7H2. The van der Waals surface area contributed by atoms with Gasteiger partial charge in [0.05, 0.1) is 12.9 Å². The van der Waals surface area contributed by atoms with Crippen molar-refractivity contribution >= 4 is 0 Å². The molecule has 0 amide bonds. The summed E-state index contributed by atoms with van der Waals surface area (Å²) in [6, 6.07) is 0. The minimum absolute atomic E-state index is 0.164. The summed E-state index contributed by atoms with van der Waals surface area (Å²) in [7, 11) is 0. The highest BCUT2D eigenvalue weighted by atomic mass is 19.1. The molecule has 0 aromatic rings. The molecule has 2 atom stereocenters. The molecule has 0 radical (unpaired) electrons. The van der Waals surface area contributed by atoms with E-state index in [1.165, 1.54) is 0 Å². The van der Waals surface area contributed by atoms with Gasteiger partial charge in [0.2, 0.25) is 0 Å². The minimum atomic E-state index is -0.789. The molecule has 0 aromatic carbocycles. The summed E-state index contributed by atoms with van der Waals surface area (Å²) in [6.45, 7) is 2.61. The van der Waals surface area contributed by atoms with Gasteiger partial charge in [-0.2, -0.15) is 0 Å². The van der Waals surface area contributed by atoms with E-state index in [0.29, 0.717) is 0 Å². The molecule has 3 heteroatoms. The third-order valence-corrected chi connectivity index (χ3v) is 3.07. The lowest BCUT2D eigenvalue weighted by atomic mass is 9.89. The summed E-state index contributed by atoms with van der Waals surface area (Å²) in [5.74, 6) is 0.164. The largest absolute Gasteiger partial charge is 0.501 e. The van der Waals surface area contributed by atoms with Gasteiger partial charge >= 0.3 is 0 Å². The van der Waals surface area contributed by atoms with Crippen LogP contribution in [0, 0.1) is 5.92 Å². The molecular formula is C11H18FNO. The molecule has 2 aliphatic heterocycles. The Morgan fingerprint density at radius 2 is 2.43 bits per heavy atom. The minimum Gasteiger partial charge on any atom is -0.501 e. The lowest BCUT2D eigenvalue weighted by Gasteiger charge is -2.28. The van der Waals surface area contributed by atoms with Gasteiger partial charge in [0.1, 0.15) is 6.17 Å². The first-order chi connectivity index (χ1) is 6.88. The molecule has 0 aliphatic carbocycles. The maximum Gasteiger partial charge on any atom is 0.128 e. The van der Waals surface area contributed by atoms with Crippen LogP contribution in [0.2, 0.25) is 0 Å². The molecule has 0 bridgehead atoms. The van der Waals surface area contributed by atoms with E-state index in [0.717, 1.165) is 51.0 Å². The first-order valence-corrected chi connectivity index (χ1v) is 5.53. The molecule has 1 N–H and O–H groups in total. The van der Waals surface area contributed by atoms with Crippen molar-refractivity contribution in [2.75, 3.05) is 19.7 Å². The summed E-state index contributed by atoms with van der Waals surface area (Å²) >= 11 is 0. The molecule has 2 unspecified atom stereocenters. The number of nitrogens with one attached hydrogen (secondary N) is 1. The zero-order chi connectivity index (χ0) is 9.80. The van der Waals surface area contributed by atoms with Crippen LogP contribution in [0.15, 0.2) is 11.8 Å². The summed E-state index contributed by atoms with van der Waals surface area (Å²) in [5, 5.41) is 3.25. The fourth-order valence-corrected chi connectivity index (χ4v) is 2.22. The van der Waals surface area contributed by atoms with E-state index in [-0.39, 0.29) is 5.92 Å². The number of piperidine rings is 1. The van der Waals surface area contributed by atoms with Gasteiger partial charge in [0.25, 0.3) is 0 Å². The Hall–Kier alpha value is -0.570. The lowest BCUT2D eigenvalue weighted by molar-refractivity contribution is 0.178. The number of ether oxygens (including phenoxy) is 1. The van der Waals surface area contributed by atoms with Crippen LogP contribution in [-0.2, 0) is 4.74 Å². The summed E-state index contributed by atoms with van der Waals surface area (Å²) in [5.41, 5.74) is 0.866. The van der Waals surface area contributed by atoms with Gasteiger partial charge in [-0.3, -0.25) is 0 Å². The SMILES string of the molecule is FC(C1=COCCC1)C1CCCNC1. The average molecular weight is 199 g/mol. The van der Waals surface area contributed by atoms with Crippen molar-refractivity contribution in [1.82, 2.24) is 5.32 Å². The van der Waals surface area contributed by atoms with Crippen molar-refractivity contribution in [1.29, 1.82) is 0 Å². The summed E-state index contributed by atoms with van der Waals surface area (Å²) < 4.78 is 19.2. The van der Waals surface area contributed by atoms with Crippen molar-refractivity contribution < 1.29 is 9.13 Å². The Morgan fingerprint density at radius 3 is 3.07 bits per heavy atom. The number of rotatable bonds is 2. The van der Waals surface area contributed by atoms with E-state index < -0.39 is 6.17 Å². The Balaban J connectivity index is 1.91. The quantitative estimate of drug-likeness (QED) is 0.734. The lowest BCUT2D eigenvalue weighted by Crippen LogP contribution is -2.36. The van der Waals surface area contributed by atoms with Crippen molar-refractivity contribution in [3.05, 3.63) is 11.8 Å². The van der Waals surface area contributed by atoms with Crippen LogP contribution in [0.1, 0.15) is 25.7 Å². The van der Waals surface area contributed by atoms with Gasteiger partial charge in [0, 0.05) is 12.5 Å². The van der Waals surface area contributed by atoms with Gasteiger partial charge in [0.15, 0.2) is 0 Å². The highest BCUT2D eigenvalue weighted by Crippen LogP contribution is 2.27. The highest BCUT2D eigenvalue weighted by molar-refractivity contribution is 5.09. The normalized spacial score (nSPS) is 30.4. The van der Waals surface area contributed by atoms with Crippen LogP contribution in [0.5, 0.6) is 0 Å². The maximum atomic E-state index is 14.0. The van der Waals surface area contributed by atoms with E-state index in [1.54, 1.807) is 6.26 Å². The Kier molecular flexibility index (Phi) is 3.40. The number of allylic oxidation sites excluding steroid dienone is 1. The second-order valence-electron chi connectivity index (χ2n) is 4.18.